The molecule has 1 fully saturated rings. The Morgan fingerprint density at radius 3 is 2.65 bits per heavy atom. The van der Waals surface area contributed by atoms with E-state index in [1.165, 1.54) is 0 Å². The summed E-state index contributed by atoms with van der Waals surface area (Å²) in [5.41, 5.74) is 4.48. The van der Waals surface area contributed by atoms with Crippen molar-refractivity contribution in [2.45, 2.75) is 36.1 Å². The monoisotopic (exact) mass is 535 g/mol. The van der Waals surface area contributed by atoms with E-state index in [0.717, 1.165) is 33.6 Å². The predicted molar refractivity (Wildman–Crippen MR) is 112 cm³/mol. The first-order valence-corrected chi connectivity index (χ1v) is 11.6. The van der Waals surface area contributed by atoms with Crippen LogP contribution >= 0.6 is 34.6 Å². The SMILES string of the molecule is Nc1nc(/C(=N/O)C(=O)NC2C(=O)N3C(C(=O)O)=C(Sc4csc(C(F)(F)F)n4)CCC23)ns1. The Morgan fingerprint density at radius 1 is 1.35 bits per heavy atom. The number of rotatable bonds is 6. The third-order valence-corrected chi connectivity index (χ3v) is 7.44. The number of nitrogen functional groups attached to an aromatic ring is 1. The van der Waals surface area contributed by atoms with Gasteiger partial charge in [-0.2, -0.15) is 22.5 Å². The summed E-state index contributed by atoms with van der Waals surface area (Å²) in [5.74, 6) is -3.41. The number of aliphatic carboxylic acids is 1. The van der Waals surface area contributed by atoms with Crippen LogP contribution in [0.1, 0.15) is 23.7 Å². The molecule has 1 saturated heterocycles. The van der Waals surface area contributed by atoms with Gasteiger partial charge in [-0.25, -0.2) is 9.78 Å². The lowest BCUT2D eigenvalue weighted by atomic mass is 9.86. The first-order valence-electron chi connectivity index (χ1n) is 9.13. The summed E-state index contributed by atoms with van der Waals surface area (Å²) in [4.78, 5) is 45.5. The van der Waals surface area contributed by atoms with Crippen molar-refractivity contribution >= 4 is 63.3 Å². The van der Waals surface area contributed by atoms with Gasteiger partial charge < -0.3 is 21.4 Å². The van der Waals surface area contributed by atoms with Crippen LogP contribution < -0.4 is 11.1 Å². The van der Waals surface area contributed by atoms with Crippen LogP contribution in [0, 0.1) is 0 Å². The molecule has 18 heteroatoms. The van der Waals surface area contributed by atoms with Crippen LogP contribution in [0.4, 0.5) is 18.3 Å². The normalized spacial score (nSPS) is 20.7. The Morgan fingerprint density at radius 2 is 2.09 bits per heavy atom. The molecule has 0 saturated carbocycles. The van der Waals surface area contributed by atoms with Crippen molar-refractivity contribution in [1.29, 1.82) is 0 Å². The highest BCUT2D eigenvalue weighted by atomic mass is 32.2. The third-order valence-electron chi connectivity index (χ3n) is 4.80. The number of carbonyl (C=O) groups excluding carboxylic acids is 2. The van der Waals surface area contributed by atoms with Crippen molar-refractivity contribution in [3.8, 4) is 0 Å². The van der Waals surface area contributed by atoms with Gasteiger partial charge in [0.1, 0.15) is 16.8 Å². The maximum absolute atomic E-state index is 12.8. The number of nitrogens with one attached hydrogen (secondary N) is 1. The molecular formula is C16H12F3N7O5S3. The zero-order valence-corrected chi connectivity index (χ0v) is 18.9. The van der Waals surface area contributed by atoms with Gasteiger partial charge >= 0.3 is 12.1 Å². The summed E-state index contributed by atoms with van der Waals surface area (Å²) in [5, 5.41) is 24.1. The van der Waals surface area contributed by atoms with Crippen LogP contribution in [0.3, 0.4) is 0 Å². The van der Waals surface area contributed by atoms with E-state index in [2.05, 4.69) is 24.8 Å². The smallest absolute Gasteiger partial charge is 0.443 e. The number of fused-ring (bicyclic) bond motifs is 1. The summed E-state index contributed by atoms with van der Waals surface area (Å²) >= 11 is 1.88. The molecule has 2 atom stereocenters. The number of hydrogen-bond acceptors (Lipinski definition) is 12. The molecule has 2 aliphatic rings. The van der Waals surface area contributed by atoms with Gasteiger partial charge in [0.05, 0.1) is 6.04 Å². The lowest BCUT2D eigenvalue weighted by Gasteiger charge is -2.49. The van der Waals surface area contributed by atoms with Crippen LogP contribution in [0.5, 0.6) is 0 Å². The fourth-order valence-electron chi connectivity index (χ4n) is 3.42. The topological polar surface area (TPSA) is 184 Å². The van der Waals surface area contributed by atoms with Gasteiger partial charge in [0.15, 0.2) is 10.1 Å². The fourth-order valence-corrected chi connectivity index (χ4v) is 5.69. The van der Waals surface area contributed by atoms with E-state index in [4.69, 9.17) is 10.9 Å². The summed E-state index contributed by atoms with van der Waals surface area (Å²) in [7, 11) is 0. The van der Waals surface area contributed by atoms with E-state index in [1.54, 1.807) is 0 Å². The molecule has 0 spiro atoms. The first-order chi connectivity index (χ1) is 16.0. The molecule has 4 heterocycles. The zero-order chi connectivity index (χ0) is 24.8. The predicted octanol–water partition coefficient (Wildman–Crippen LogP) is 1.35. The summed E-state index contributed by atoms with van der Waals surface area (Å²) < 4.78 is 42.2. The van der Waals surface area contributed by atoms with Crippen molar-refractivity contribution in [2.24, 2.45) is 5.16 Å². The van der Waals surface area contributed by atoms with Crippen LogP contribution in [-0.2, 0) is 20.6 Å². The molecule has 2 aromatic heterocycles. The Labute approximate surface area is 199 Å². The molecule has 0 radical (unpaired) electrons. The Bertz CT molecular complexity index is 1240. The number of aromatic nitrogens is 3. The average molecular weight is 536 g/mol. The van der Waals surface area contributed by atoms with E-state index in [9.17, 15) is 32.7 Å². The summed E-state index contributed by atoms with van der Waals surface area (Å²) in [6.07, 6.45) is -4.28. The Kier molecular flexibility index (Phi) is 6.21. The van der Waals surface area contributed by atoms with Crippen molar-refractivity contribution in [1.82, 2.24) is 24.6 Å². The van der Waals surface area contributed by atoms with Gasteiger partial charge in [0.25, 0.3) is 11.8 Å². The third kappa shape index (κ3) is 4.30. The molecule has 5 N–H and O–H groups in total. The number of allylic oxidation sites excluding steroid dienone is 1. The van der Waals surface area contributed by atoms with E-state index >= 15 is 0 Å². The highest BCUT2D eigenvalue weighted by Crippen LogP contribution is 2.44. The van der Waals surface area contributed by atoms with E-state index < -0.39 is 46.8 Å². The number of halogens is 3. The molecule has 2 unspecified atom stereocenters. The number of carboxylic acids is 1. The van der Waals surface area contributed by atoms with Gasteiger partial charge in [0.2, 0.25) is 11.5 Å². The second-order valence-corrected chi connectivity index (χ2v) is 9.59. The number of alkyl halides is 3. The minimum atomic E-state index is -4.62. The minimum Gasteiger partial charge on any atom is -0.477 e. The number of β-lactam (4-membered cyclic amide) rings is 1. The van der Waals surface area contributed by atoms with E-state index in [0.29, 0.717) is 11.3 Å². The van der Waals surface area contributed by atoms with Gasteiger partial charge in [-0.3, -0.25) is 14.5 Å². The van der Waals surface area contributed by atoms with Crippen molar-refractivity contribution < 1.29 is 37.9 Å². The summed E-state index contributed by atoms with van der Waals surface area (Å²) in [6.45, 7) is 0. The summed E-state index contributed by atoms with van der Waals surface area (Å²) in [6, 6.07) is -1.83. The molecule has 34 heavy (non-hydrogen) atoms. The first kappa shape index (κ1) is 23.9. The highest BCUT2D eigenvalue weighted by molar-refractivity contribution is 8.03. The van der Waals surface area contributed by atoms with E-state index in [-0.39, 0.29) is 39.4 Å². The van der Waals surface area contributed by atoms with Gasteiger partial charge in [-0.05, 0) is 12.8 Å². The highest BCUT2D eigenvalue weighted by Gasteiger charge is 2.54. The van der Waals surface area contributed by atoms with Gasteiger partial charge in [-0.1, -0.05) is 16.9 Å². The molecular weight excluding hydrogens is 523 g/mol. The lowest BCUT2D eigenvalue weighted by Crippen LogP contribution is -2.72. The minimum absolute atomic E-state index is 0.0193. The van der Waals surface area contributed by atoms with Crippen molar-refractivity contribution in [2.75, 3.05) is 5.73 Å². The molecule has 2 aromatic rings. The van der Waals surface area contributed by atoms with Gasteiger partial charge in [0, 0.05) is 21.8 Å². The van der Waals surface area contributed by atoms with Crippen molar-refractivity contribution in [3.63, 3.8) is 0 Å². The number of hydrogen-bond donors (Lipinski definition) is 4. The Balaban J connectivity index is 1.52. The molecule has 12 nitrogen and oxygen atoms in total. The number of nitrogens with zero attached hydrogens (tertiary/aromatic N) is 5. The molecule has 0 bridgehead atoms. The van der Waals surface area contributed by atoms with Gasteiger partial charge in [-0.15, -0.1) is 11.3 Å². The quantitative estimate of drug-likeness (QED) is 0.182. The van der Waals surface area contributed by atoms with Crippen LogP contribution in [0.15, 0.2) is 26.2 Å². The molecule has 0 aromatic carbocycles. The van der Waals surface area contributed by atoms with Crippen LogP contribution in [0.25, 0.3) is 0 Å². The number of amides is 2. The number of anilines is 1. The number of thiazole rings is 1. The molecule has 2 aliphatic heterocycles. The lowest BCUT2D eigenvalue weighted by molar-refractivity contribution is -0.155. The fraction of sp³-hybridized carbons (Fsp3) is 0.312. The molecule has 2 amide bonds. The largest absolute Gasteiger partial charge is 0.477 e. The van der Waals surface area contributed by atoms with Crippen LogP contribution in [0.2, 0.25) is 0 Å². The number of oxime groups is 1. The molecule has 180 valence electrons. The Hall–Kier alpha value is -3.25. The maximum Gasteiger partial charge on any atom is 0.443 e. The number of carboxylic acid groups (broad SMARTS) is 1. The second-order valence-electron chi connectivity index (χ2n) is 6.84. The average Bonchev–Trinajstić information content (AvgIpc) is 3.41. The zero-order valence-electron chi connectivity index (χ0n) is 16.4. The standard InChI is InChI=1S/C16H12F3N7O5S3/c17-16(18,19)14-21-6(3-32-14)33-5-2-1-4-7(12(28)26(4)9(5)13(29)30)22-11(27)8(24-31)10-23-15(20)34-25-10/h3-4,7,31H,1-2H2,(H,22,27)(H,29,30)(H2,20,23,25)/b24-8-. The number of carbonyl (C=O) groups is 3. The molecule has 0 aliphatic carbocycles. The molecule has 4 rings (SSSR count). The number of nitrogens with two attached hydrogens (primary N) is 1. The maximum atomic E-state index is 12.8. The van der Waals surface area contributed by atoms with Crippen LogP contribution in [-0.4, -0.2) is 65.1 Å². The number of thioether (sulfide) groups is 1. The second kappa shape index (κ2) is 8.84. The van der Waals surface area contributed by atoms with Crippen molar-refractivity contribution in [3.05, 3.63) is 26.8 Å². The van der Waals surface area contributed by atoms with E-state index in [1.807, 2.05) is 0 Å².